The van der Waals surface area contributed by atoms with Crippen molar-refractivity contribution in [1.82, 2.24) is 4.90 Å². The number of carbonyl (C=O) groups is 1. The van der Waals surface area contributed by atoms with Gasteiger partial charge in [-0.3, -0.25) is 9.69 Å². The number of thioether (sulfide) groups is 1. The summed E-state index contributed by atoms with van der Waals surface area (Å²) in [5.41, 5.74) is 1.16. The van der Waals surface area contributed by atoms with Gasteiger partial charge in [-0.05, 0) is 26.5 Å². The summed E-state index contributed by atoms with van der Waals surface area (Å²) < 4.78 is -0.277. The van der Waals surface area contributed by atoms with Crippen LogP contribution in [0.15, 0.2) is 30.3 Å². The highest BCUT2D eigenvalue weighted by atomic mass is 32.2. The van der Waals surface area contributed by atoms with Crippen LogP contribution < -0.4 is 0 Å². The van der Waals surface area contributed by atoms with Gasteiger partial charge in [0.1, 0.15) is 6.04 Å². The number of nitrogens with zero attached hydrogens (tertiary/aromatic N) is 1. The summed E-state index contributed by atoms with van der Waals surface area (Å²) >= 11 is 1.71. The molecule has 0 aliphatic carbocycles. The molecule has 1 saturated heterocycles. The number of aliphatic carboxylic acids is 1. The molecule has 1 aromatic rings. The predicted molar refractivity (Wildman–Crippen MR) is 70.0 cm³/mol. The van der Waals surface area contributed by atoms with Crippen molar-refractivity contribution in [2.75, 3.05) is 7.05 Å². The smallest absolute Gasteiger partial charge is 0.322 e. The molecule has 0 spiro atoms. The minimum atomic E-state index is -0.747. The Kier molecular flexibility index (Phi) is 3.19. The van der Waals surface area contributed by atoms with E-state index in [-0.39, 0.29) is 10.1 Å². The van der Waals surface area contributed by atoms with Crippen molar-refractivity contribution < 1.29 is 9.90 Å². The van der Waals surface area contributed by atoms with E-state index in [9.17, 15) is 9.90 Å². The van der Waals surface area contributed by atoms with E-state index in [1.165, 1.54) is 0 Å². The van der Waals surface area contributed by atoms with E-state index in [2.05, 4.69) is 12.1 Å². The topological polar surface area (TPSA) is 40.5 Å². The van der Waals surface area contributed by atoms with E-state index in [0.29, 0.717) is 0 Å². The van der Waals surface area contributed by atoms with Gasteiger partial charge in [0.05, 0.1) is 5.37 Å². The van der Waals surface area contributed by atoms with Gasteiger partial charge in [-0.15, -0.1) is 11.8 Å². The molecule has 1 fully saturated rings. The molecule has 0 aromatic heterocycles. The first-order chi connectivity index (χ1) is 7.93. The fraction of sp³-hybridized carbons (Fsp3) is 0.462. The van der Waals surface area contributed by atoms with E-state index < -0.39 is 12.0 Å². The van der Waals surface area contributed by atoms with Crippen molar-refractivity contribution in [3.8, 4) is 0 Å². The first kappa shape index (κ1) is 12.5. The summed E-state index contributed by atoms with van der Waals surface area (Å²) in [5.74, 6) is -0.747. The highest BCUT2D eigenvalue weighted by Gasteiger charge is 2.49. The maximum Gasteiger partial charge on any atom is 0.322 e. The van der Waals surface area contributed by atoms with Crippen molar-refractivity contribution in [2.45, 2.75) is 30.0 Å². The molecule has 2 atom stereocenters. The Morgan fingerprint density at radius 2 is 1.94 bits per heavy atom. The summed E-state index contributed by atoms with van der Waals surface area (Å²) in [5, 5.41) is 9.45. The molecule has 1 aliphatic heterocycles. The SMILES string of the molecule is CN1C(c2ccccc2)SC(C)(C)C1C(=O)O. The van der Waals surface area contributed by atoms with Gasteiger partial charge in [0.25, 0.3) is 0 Å². The Morgan fingerprint density at radius 1 is 1.35 bits per heavy atom. The lowest BCUT2D eigenvalue weighted by Crippen LogP contribution is -2.44. The normalized spacial score (nSPS) is 28.2. The maximum atomic E-state index is 11.3. The number of hydrogen-bond donors (Lipinski definition) is 1. The molecule has 1 aromatic carbocycles. The monoisotopic (exact) mass is 251 g/mol. The Labute approximate surface area is 106 Å². The van der Waals surface area contributed by atoms with Crippen LogP contribution in [-0.4, -0.2) is 33.8 Å². The quantitative estimate of drug-likeness (QED) is 0.877. The van der Waals surface area contributed by atoms with Gasteiger partial charge < -0.3 is 5.11 Å². The largest absolute Gasteiger partial charge is 0.480 e. The molecule has 4 heteroatoms. The van der Waals surface area contributed by atoms with Crippen LogP contribution >= 0.6 is 11.8 Å². The Balaban J connectivity index is 2.32. The zero-order chi connectivity index (χ0) is 12.6. The third-order valence-corrected chi connectivity index (χ3v) is 4.83. The molecular formula is C13H17NO2S. The molecule has 1 heterocycles. The fourth-order valence-electron chi connectivity index (χ4n) is 2.45. The van der Waals surface area contributed by atoms with E-state index >= 15 is 0 Å². The molecule has 1 aliphatic rings. The zero-order valence-corrected chi connectivity index (χ0v) is 11.1. The van der Waals surface area contributed by atoms with Crippen LogP contribution in [0.25, 0.3) is 0 Å². The van der Waals surface area contributed by atoms with Crippen LogP contribution in [-0.2, 0) is 4.79 Å². The van der Waals surface area contributed by atoms with Gasteiger partial charge in [0, 0.05) is 4.75 Å². The standard InChI is InChI=1S/C13H17NO2S/c1-13(2)10(12(15)16)14(3)11(17-13)9-7-5-4-6-8-9/h4-8,10-11H,1-3H3,(H,15,16). The summed E-state index contributed by atoms with van der Waals surface area (Å²) in [6.45, 7) is 3.99. The Hall–Kier alpha value is -1.00. The minimum Gasteiger partial charge on any atom is -0.480 e. The lowest BCUT2D eigenvalue weighted by Gasteiger charge is -2.25. The van der Waals surface area contributed by atoms with Crippen molar-refractivity contribution in [1.29, 1.82) is 0 Å². The molecule has 2 rings (SSSR count). The van der Waals surface area contributed by atoms with Crippen LogP contribution in [0.5, 0.6) is 0 Å². The minimum absolute atomic E-state index is 0.118. The van der Waals surface area contributed by atoms with Crippen LogP contribution in [0, 0.1) is 0 Å². The Morgan fingerprint density at radius 3 is 2.41 bits per heavy atom. The second-order valence-electron chi connectivity index (χ2n) is 4.89. The van der Waals surface area contributed by atoms with E-state index in [1.54, 1.807) is 11.8 Å². The third kappa shape index (κ3) is 2.19. The van der Waals surface area contributed by atoms with Crippen LogP contribution in [0.1, 0.15) is 24.8 Å². The van der Waals surface area contributed by atoms with E-state index in [0.717, 1.165) is 5.56 Å². The second kappa shape index (κ2) is 4.35. The average Bonchev–Trinajstić information content (AvgIpc) is 2.50. The van der Waals surface area contributed by atoms with Gasteiger partial charge in [-0.1, -0.05) is 30.3 Å². The van der Waals surface area contributed by atoms with Crippen LogP contribution in [0.4, 0.5) is 0 Å². The first-order valence-corrected chi connectivity index (χ1v) is 6.49. The van der Waals surface area contributed by atoms with Gasteiger partial charge in [-0.25, -0.2) is 0 Å². The van der Waals surface area contributed by atoms with Crippen molar-refractivity contribution in [2.24, 2.45) is 0 Å². The third-order valence-electron chi connectivity index (χ3n) is 3.17. The van der Waals surface area contributed by atoms with Gasteiger partial charge in [0.15, 0.2) is 0 Å². The van der Waals surface area contributed by atoms with Gasteiger partial charge in [0.2, 0.25) is 0 Å². The van der Waals surface area contributed by atoms with Gasteiger partial charge in [-0.2, -0.15) is 0 Å². The van der Waals surface area contributed by atoms with Crippen molar-refractivity contribution in [3.63, 3.8) is 0 Å². The lowest BCUT2D eigenvalue weighted by atomic mass is 10.0. The first-order valence-electron chi connectivity index (χ1n) is 5.61. The molecule has 17 heavy (non-hydrogen) atoms. The highest BCUT2D eigenvalue weighted by Crippen LogP contribution is 2.51. The number of carboxylic acids is 1. The van der Waals surface area contributed by atoms with E-state index in [1.807, 2.05) is 44.0 Å². The summed E-state index contributed by atoms with van der Waals surface area (Å²) in [7, 11) is 1.89. The molecule has 0 radical (unpaired) electrons. The predicted octanol–water partition coefficient (Wildman–Crippen LogP) is 2.60. The second-order valence-corrected chi connectivity index (χ2v) is 6.63. The van der Waals surface area contributed by atoms with Crippen LogP contribution in [0.3, 0.4) is 0 Å². The molecule has 2 unspecified atom stereocenters. The summed E-state index contributed by atoms with van der Waals surface area (Å²) in [6.07, 6.45) is 0. The fourth-order valence-corrected chi connectivity index (χ4v) is 4.01. The molecule has 0 amide bonds. The number of likely N-dealkylation sites (N-methyl/N-ethyl adjacent to an activating group) is 1. The lowest BCUT2D eigenvalue weighted by molar-refractivity contribution is -0.143. The van der Waals surface area contributed by atoms with Gasteiger partial charge >= 0.3 is 5.97 Å². The van der Waals surface area contributed by atoms with Crippen molar-refractivity contribution >= 4 is 17.7 Å². The molecule has 92 valence electrons. The molecule has 1 N–H and O–H groups in total. The van der Waals surface area contributed by atoms with Crippen molar-refractivity contribution in [3.05, 3.63) is 35.9 Å². The zero-order valence-electron chi connectivity index (χ0n) is 10.3. The summed E-state index contributed by atoms with van der Waals surface area (Å²) in [4.78, 5) is 13.3. The average molecular weight is 251 g/mol. The number of rotatable bonds is 2. The molecule has 0 saturated carbocycles. The van der Waals surface area contributed by atoms with Crippen LogP contribution in [0.2, 0.25) is 0 Å². The number of hydrogen-bond acceptors (Lipinski definition) is 3. The molecule has 0 bridgehead atoms. The maximum absolute atomic E-state index is 11.3. The Bertz CT molecular complexity index is 419. The number of benzene rings is 1. The molecule has 3 nitrogen and oxygen atoms in total. The number of carboxylic acid groups (broad SMARTS) is 1. The highest BCUT2D eigenvalue weighted by molar-refractivity contribution is 8.01. The van der Waals surface area contributed by atoms with E-state index in [4.69, 9.17) is 0 Å². The molecular weight excluding hydrogens is 234 g/mol. The summed E-state index contributed by atoms with van der Waals surface area (Å²) in [6, 6.07) is 9.61.